The number of nitrogens with one attached hydrogen (secondary N) is 1. The third-order valence-corrected chi connectivity index (χ3v) is 4.12. The fourth-order valence-corrected chi connectivity index (χ4v) is 2.69. The smallest absolute Gasteiger partial charge is 0.230 e. The van der Waals surface area contributed by atoms with E-state index in [4.69, 9.17) is 0 Å². The Morgan fingerprint density at radius 1 is 1.50 bits per heavy atom. The zero-order chi connectivity index (χ0) is 12.7. The topological polar surface area (TPSA) is 32.3 Å². The number of carbonyl (C=O) groups is 1. The van der Waals surface area contributed by atoms with Crippen molar-refractivity contribution < 1.29 is 9.18 Å². The van der Waals surface area contributed by atoms with Gasteiger partial charge in [-0.05, 0) is 43.1 Å². The minimum atomic E-state index is -0.272. The van der Waals surface area contributed by atoms with Crippen LogP contribution in [0.2, 0.25) is 0 Å². The van der Waals surface area contributed by atoms with Crippen molar-refractivity contribution in [2.24, 2.45) is 11.8 Å². The highest BCUT2D eigenvalue weighted by Crippen LogP contribution is 2.31. The highest BCUT2D eigenvalue weighted by Gasteiger charge is 2.34. The number of hydrogen-bond donors (Lipinski definition) is 1. The van der Waals surface area contributed by atoms with Crippen molar-refractivity contribution in [3.05, 3.63) is 29.6 Å². The van der Waals surface area contributed by atoms with Crippen LogP contribution in [0.25, 0.3) is 0 Å². The summed E-state index contributed by atoms with van der Waals surface area (Å²) in [6, 6.07) is 4.73. The number of fused-ring (bicyclic) bond motifs is 1. The first-order chi connectivity index (χ1) is 8.66. The van der Waals surface area contributed by atoms with Crippen molar-refractivity contribution in [3.8, 4) is 0 Å². The predicted octanol–water partition coefficient (Wildman–Crippen LogP) is 1.57. The van der Waals surface area contributed by atoms with Gasteiger partial charge in [0.2, 0.25) is 5.91 Å². The number of nitrogens with zero attached hydrogens (tertiary/aromatic N) is 1. The first kappa shape index (κ1) is 11.7. The number of benzene rings is 1. The minimum Gasteiger partial charge on any atom is -0.316 e. The average Bonchev–Trinajstić information content (AvgIpc) is 2.68. The summed E-state index contributed by atoms with van der Waals surface area (Å²) >= 11 is 0. The molecule has 0 aromatic heterocycles. The van der Waals surface area contributed by atoms with Crippen molar-refractivity contribution in [2.45, 2.75) is 13.3 Å². The normalized spacial score (nSPS) is 20.4. The Morgan fingerprint density at radius 2 is 2.28 bits per heavy atom. The van der Waals surface area contributed by atoms with Crippen molar-refractivity contribution in [2.75, 3.05) is 24.5 Å². The summed E-state index contributed by atoms with van der Waals surface area (Å²) in [7, 11) is 0. The fraction of sp³-hybridized carbons (Fsp3) is 0.500. The molecule has 2 heterocycles. The Hall–Kier alpha value is -1.42. The monoisotopic (exact) mass is 248 g/mol. The summed E-state index contributed by atoms with van der Waals surface area (Å²) in [6.07, 6.45) is 0.830. The van der Waals surface area contributed by atoms with Crippen LogP contribution in [0, 0.1) is 17.7 Å². The highest BCUT2D eigenvalue weighted by molar-refractivity contribution is 5.97. The summed E-state index contributed by atoms with van der Waals surface area (Å²) in [4.78, 5) is 14.2. The molecule has 0 saturated carbocycles. The van der Waals surface area contributed by atoms with Crippen molar-refractivity contribution in [1.29, 1.82) is 0 Å². The quantitative estimate of drug-likeness (QED) is 0.861. The number of hydrogen-bond acceptors (Lipinski definition) is 2. The van der Waals surface area contributed by atoms with E-state index in [1.807, 2.05) is 6.92 Å². The van der Waals surface area contributed by atoms with Gasteiger partial charge in [0.1, 0.15) is 5.82 Å². The lowest BCUT2D eigenvalue weighted by molar-refractivity contribution is -0.123. The molecule has 0 bridgehead atoms. The van der Waals surface area contributed by atoms with Crippen LogP contribution in [-0.4, -0.2) is 25.5 Å². The molecular weight excluding hydrogens is 231 g/mol. The van der Waals surface area contributed by atoms with Gasteiger partial charge in [-0.15, -0.1) is 0 Å². The van der Waals surface area contributed by atoms with E-state index >= 15 is 0 Å². The molecule has 1 N–H and O–H groups in total. The fourth-order valence-electron chi connectivity index (χ4n) is 2.69. The summed E-state index contributed by atoms with van der Waals surface area (Å²) in [5.41, 5.74) is 1.84. The molecule has 0 radical (unpaired) electrons. The molecule has 1 atom stereocenters. The standard InChI is InChI=1S/C14H17FN2O/c1-9(11-7-16-8-11)14(18)17-5-4-10-2-3-12(15)6-13(10)17/h2-3,6,9,11,16H,4-5,7-8H2,1H3. The first-order valence-electron chi connectivity index (χ1n) is 6.47. The maximum Gasteiger partial charge on any atom is 0.230 e. The van der Waals surface area contributed by atoms with E-state index in [1.54, 1.807) is 11.0 Å². The predicted molar refractivity (Wildman–Crippen MR) is 68.0 cm³/mol. The molecule has 1 aromatic carbocycles. The third-order valence-electron chi connectivity index (χ3n) is 4.12. The molecule has 2 aliphatic heterocycles. The van der Waals surface area contributed by atoms with Gasteiger partial charge >= 0.3 is 0 Å². The molecule has 1 saturated heterocycles. The van der Waals surface area contributed by atoms with Crippen molar-refractivity contribution >= 4 is 11.6 Å². The van der Waals surface area contributed by atoms with E-state index in [-0.39, 0.29) is 17.6 Å². The molecule has 1 aromatic rings. The van der Waals surface area contributed by atoms with E-state index in [2.05, 4.69) is 5.32 Å². The second-order valence-corrected chi connectivity index (χ2v) is 5.22. The molecule has 18 heavy (non-hydrogen) atoms. The summed E-state index contributed by atoms with van der Waals surface area (Å²) in [6.45, 7) is 4.49. The van der Waals surface area contributed by atoms with Crippen LogP contribution in [0.15, 0.2) is 18.2 Å². The SMILES string of the molecule is CC(C(=O)N1CCc2ccc(F)cc21)C1CNC1. The van der Waals surface area contributed by atoms with Crippen LogP contribution in [0.3, 0.4) is 0 Å². The van der Waals surface area contributed by atoms with E-state index in [9.17, 15) is 9.18 Å². The Bertz CT molecular complexity index is 485. The second-order valence-electron chi connectivity index (χ2n) is 5.22. The Balaban J connectivity index is 1.82. The first-order valence-corrected chi connectivity index (χ1v) is 6.47. The summed E-state index contributed by atoms with van der Waals surface area (Å²) in [5, 5.41) is 3.19. The molecule has 3 rings (SSSR count). The van der Waals surface area contributed by atoms with Crippen LogP contribution in [0.5, 0.6) is 0 Å². The van der Waals surface area contributed by atoms with Crippen molar-refractivity contribution in [3.63, 3.8) is 0 Å². The second kappa shape index (κ2) is 4.35. The van der Waals surface area contributed by atoms with Crippen LogP contribution < -0.4 is 10.2 Å². The zero-order valence-corrected chi connectivity index (χ0v) is 10.4. The summed E-state index contributed by atoms with van der Waals surface area (Å²) in [5.74, 6) is 0.299. The maximum atomic E-state index is 13.3. The van der Waals surface area contributed by atoms with Gasteiger partial charge in [-0.2, -0.15) is 0 Å². The Labute approximate surface area is 106 Å². The van der Waals surface area contributed by atoms with Crippen LogP contribution in [0.4, 0.5) is 10.1 Å². The molecule has 4 heteroatoms. The van der Waals surface area contributed by atoms with Crippen LogP contribution >= 0.6 is 0 Å². The lowest BCUT2D eigenvalue weighted by atomic mass is 9.88. The lowest BCUT2D eigenvalue weighted by Gasteiger charge is -2.34. The number of amides is 1. The molecule has 2 aliphatic rings. The van der Waals surface area contributed by atoms with E-state index in [0.717, 1.165) is 30.8 Å². The average molecular weight is 248 g/mol. The van der Waals surface area contributed by atoms with Crippen molar-refractivity contribution in [1.82, 2.24) is 5.32 Å². The van der Waals surface area contributed by atoms with Gasteiger partial charge in [-0.3, -0.25) is 4.79 Å². The maximum absolute atomic E-state index is 13.3. The molecule has 1 fully saturated rings. The van der Waals surface area contributed by atoms with Gasteiger partial charge in [-0.25, -0.2) is 4.39 Å². The molecule has 96 valence electrons. The van der Waals surface area contributed by atoms with Gasteiger partial charge in [0, 0.05) is 18.2 Å². The van der Waals surface area contributed by atoms with Gasteiger partial charge in [0.15, 0.2) is 0 Å². The van der Waals surface area contributed by atoms with Crippen LogP contribution in [-0.2, 0) is 11.2 Å². The number of halogens is 1. The zero-order valence-electron chi connectivity index (χ0n) is 10.4. The van der Waals surface area contributed by atoms with Gasteiger partial charge in [0.25, 0.3) is 0 Å². The van der Waals surface area contributed by atoms with E-state index < -0.39 is 0 Å². The number of carbonyl (C=O) groups excluding carboxylic acids is 1. The summed E-state index contributed by atoms with van der Waals surface area (Å²) < 4.78 is 13.3. The van der Waals surface area contributed by atoms with Crippen LogP contribution in [0.1, 0.15) is 12.5 Å². The van der Waals surface area contributed by atoms with E-state index in [1.165, 1.54) is 12.1 Å². The number of anilines is 1. The number of rotatable bonds is 2. The Morgan fingerprint density at radius 3 is 2.94 bits per heavy atom. The lowest BCUT2D eigenvalue weighted by Crippen LogP contribution is -2.50. The van der Waals surface area contributed by atoms with Gasteiger partial charge in [-0.1, -0.05) is 13.0 Å². The molecule has 1 unspecified atom stereocenters. The molecule has 3 nitrogen and oxygen atoms in total. The van der Waals surface area contributed by atoms with E-state index in [0.29, 0.717) is 12.5 Å². The Kier molecular flexibility index (Phi) is 2.82. The third kappa shape index (κ3) is 1.81. The minimum absolute atomic E-state index is 0.0143. The highest BCUT2D eigenvalue weighted by atomic mass is 19.1. The largest absolute Gasteiger partial charge is 0.316 e. The molecule has 0 aliphatic carbocycles. The molecule has 1 amide bonds. The van der Waals surface area contributed by atoms with Gasteiger partial charge < -0.3 is 10.2 Å². The molecular formula is C14H17FN2O. The molecule has 0 spiro atoms. The van der Waals surface area contributed by atoms with Gasteiger partial charge in [0.05, 0.1) is 0 Å².